The molecule has 1 atom stereocenters. The number of amides is 1. The minimum absolute atomic E-state index is 0.0171. The molecule has 0 spiro atoms. The number of fused-ring (bicyclic) bond motifs is 1. The van der Waals surface area contributed by atoms with Crippen molar-refractivity contribution in [3.8, 4) is 11.3 Å². The second-order valence-corrected chi connectivity index (χ2v) is 5.31. The van der Waals surface area contributed by atoms with Gasteiger partial charge >= 0.3 is 0 Å². The Morgan fingerprint density at radius 1 is 1.32 bits per heavy atom. The van der Waals surface area contributed by atoms with Gasteiger partial charge in [-0.25, -0.2) is 0 Å². The van der Waals surface area contributed by atoms with Crippen LogP contribution in [0, 0.1) is 5.92 Å². The molecule has 4 heteroatoms. The quantitative estimate of drug-likeness (QED) is 0.866. The highest BCUT2D eigenvalue weighted by molar-refractivity contribution is 5.98. The van der Waals surface area contributed by atoms with Gasteiger partial charge in [0.05, 0.1) is 5.56 Å². The number of hydrogen-bond donors (Lipinski definition) is 2. The molecule has 0 unspecified atom stereocenters. The molecule has 1 aliphatic heterocycles. The number of rotatable bonds is 2. The number of carbonyl (C=O) groups excluding carboxylic acids is 1. The minimum atomic E-state index is 0.0171. The summed E-state index contributed by atoms with van der Waals surface area (Å²) in [7, 11) is 0. The van der Waals surface area contributed by atoms with Gasteiger partial charge in [-0.15, -0.1) is 0 Å². The summed E-state index contributed by atoms with van der Waals surface area (Å²) < 4.78 is 0. The van der Waals surface area contributed by atoms with E-state index in [4.69, 9.17) is 0 Å². The molecule has 0 saturated carbocycles. The molecule has 0 aromatic carbocycles. The smallest absolute Gasteiger partial charge is 0.253 e. The van der Waals surface area contributed by atoms with Gasteiger partial charge in [-0.1, -0.05) is 13.8 Å². The average molecular weight is 255 g/mol. The van der Waals surface area contributed by atoms with Crippen molar-refractivity contribution >= 4 is 5.91 Å². The zero-order valence-corrected chi connectivity index (χ0v) is 11.1. The number of H-pyrrole nitrogens is 1. The lowest BCUT2D eigenvalue weighted by Crippen LogP contribution is -2.36. The van der Waals surface area contributed by atoms with E-state index in [9.17, 15) is 4.79 Å². The van der Waals surface area contributed by atoms with E-state index in [-0.39, 0.29) is 5.91 Å². The molecule has 3 rings (SSSR count). The van der Waals surface area contributed by atoms with E-state index in [2.05, 4.69) is 29.1 Å². The number of aromatic amines is 1. The monoisotopic (exact) mass is 255 g/mol. The highest BCUT2D eigenvalue weighted by Gasteiger charge is 2.29. The van der Waals surface area contributed by atoms with Crippen LogP contribution in [0.4, 0.5) is 0 Å². The van der Waals surface area contributed by atoms with Gasteiger partial charge < -0.3 is 10.3 Å². The Balaban J connectivity index is 2.08. The number of aromatic nitrogens is 2. The van der Waals surface area contributed by atoms with Gasteiger partial charge in [-0.3, -0.25) is 9.78 Å². The van der Waals surface area contributed by atoms with E-state index in [1.54, 1.807) is 12.4 Å². The predicted octanol–water partition coefficient (Wildman–Crippen LogP) is 2.56. The van der Waals surface area contributed by atoms with Gasteiger partial charge in [0, 0.05) is 41.8 Å². The predicted molar refractivity (Wildman–Crippen MR) is 73.9 cm³/mol. The third-order valence-electron chi connectivity index (χ3n) is 3.74. The third-order valence-corrected chi connectivity index (χ3v) is 3.74. The molecular weight excluding hydrogens is 238 g/mol. The molecule has 3 heterocycles. The van der Waals surface area contributed by atoms with Gasteiger partial charge in [-0.05, 0) is 24.1 Å². The molecule has 98 valence electrons. The average Bonchev–Trinajstić information content (AvgIpc) is 2.85. The fourth-order valence-electron chi connectivity index (χ4n) is 2.61. The minimum Gasteiger partial charge on any atom is -0.357 e. The first-order chi connectivity index (χ1) is 9.16. The summed E-state index contributed by atoms with van der Waals surface area (Å²) in [5.74, 6) is 0.857. The topological polar surface area (TPSA) is 57.8 Å². The normalized spacial score (nSPS) is 18.3. The molecular formula is C15H17N3O. The van der Waals surface area contributed by atoms with Crippen molar-refractivity contribution in [1.29, 1.82) is 0 Å². The van der Waals surface area contributed by atoms with Crippen LogP contribution in [0.1, 0.15) is 35.8 Å². The summed E-state index contributed by atoms with van der Waals surface area (Å²) in [4.78, 5) is 19.4. The molecule has 0 radical (unpaired) electrons. The number of nitrogens with one attached hydrogen (secondary N) is 2. The fourth-order valence-corrected chi connectivity index (χ4v) is 2.61. The Bertz CT molecular complexity index is 601. The first kappa shape index (κ1) is 12.0. The zero-order chi connectivity index (χ0) is 13.4. The maximum atomic E-state index is 12.0. The number of carbonyl (C=O) groups is 1. The Morgan fingerprint density at radius 2 is 2.05 bits per heavy atom. The van der Waals surface area contributed by atoms with E-state index < -0.39 is 0 Å². The van der Waals surface area contributed by atoms with Crippen molar-refractivity contribution in [1.82, 2.24) is 15.3 Å². The lowest BCUT2D eigenvalue weighted by Gasteiger charge is -2.25. The van der Waals surface area contributed by atoms with Gasteiger partial charge in [0.25, 0.3) is 5.91 Å². The van der Waals surface area contributed by atoms with Crippen LogP contribution in [-0.2, 0) is 0 Å². The Morgan fingerprint density at radius 3 is 2.74 bits per heavy atom. The summed E-state index contributed by atoms with van der Waals surface area (Å²) in [5.41, 5.74) is 3.87. The van der Waals surface area contributed by atoms with Crippen LogP contribution in [0.3, 0.4) is 0 Å². The van der Waals surface area contributed by atoms with Crippen molar-refractivity contribution in [3.63, 3.8) is 0 Å². The maximum Gasteiger partial charge on any atom is 0.253 e. The van der Waals surface area contributed by atoms with Crippen LogP contribution in [0.25, 0.3) is 11.3 Å². The molecule has 0 aliphatic carbocycles. The first-order valence-electron chi connectivity index (χ1n) is 6.58. The van der Waals surface area contributed by atoms with E-state index in [0.717, 1.165) is 22.5 Å². The van der Waals surface area contributed by atoms with Gasteiger partial charge in [-0.2, -0.15) is 0 Å². The lowest BCUT2D eigenvalue weighted by molar-refractivity contribution is 0.0936. The van der Waals surface area contributed by atoms with Crippen LogP contribution in [0.2, 0.25) is 0 Å². The molecule has 2 N–H and O–H groups in total. The van der Waals surface area contributed by atoms with Crippen molar-refractivity contribution in [2.75, 3.05) is 6.54 Å². The molecule has 0 fully saturated rings. The highest BCUT2D eigenvalue weighted by Crippen LogP contribution is 2.32. The maximum absolute atomic E-state index is 12.0. The Kier molecular flexibility index (Phi) is 2.85. The molecule has 2 aromatic heterocycles. The summed E-state index contributed by atoms with van der Waals surface area (Å²) in [6.45, 7) is 5.07. The van der Waals surface area contributed by atoms with Crippen LogP contribution in [0.15, 0.2) is 30.6 Å². The summed E-state index contributed by atoms with van der Waals surface area (Å²) in [6, 6.07) is 5.83. The molecule has 2 aromatic rings. The van der Waals surface area contributed by atoms with Crippen molar-refractivity contribution in [2.45, 2.75) is 19.8 Å². The second kappa shape index (κ2) is 4.53. The summed E-state index contributed by atoms with van der Waals surface area (Å²) in [5, 5.41) is 2.96. The zero-order valence-electron chi connectivity index (χ0n) is 11.1. The Labute approximate surface area is 112 Å². The van der Waals surface area contributed by atoms with E-state index in [1.165, 1.54) is 0 Å². The number of pyridine rings is 1. The van der Waals surface area contributed by atoms with Crippen LogP contribution < -0.4 is 5.32 Å². The van der Waals surface area contributed by atoms with Gasteiger partial charge in [0.2, 0.25) is 0 Å². The molecule has 4 nitrogen and oxygen atoms in total. The Hall–Kier alpha value is -2.10. The molecule has 0 saturated heterocycles. The van der Waals surface area contributed by atoms with Crippen molar-refractivity contribution in [2.24, 2.45) is 5.92 Å². The largest absolute Gasteiger partial charge is 0.357 e. The molecule has 0 bridgehead atoms. The summed E-state index contributed by atoms with van der Waals surface area (Å²) >= 11 is 0. The molecule has 1 amide bonds. The van der Waals surface area contributed by atoms with Crippen LogP contribution >= 0.6 is 0 Å². The van der Waals surface area contributed by atoms with Gasteiger partial charge in [0.1, 0.15) is 0 Å². The number of nitrogens with zero attached hydrogens (tertiary/aromatic N) is 1. The van der Waals surface area contributed by atoms with Crippen molar-refractivity contribution in [3.05, 3.63) is 41.9 Å². The van der Waals surface area contributed by atoms with E-state index >= 15 is 0 Å². The van der Waals surface area contributed by atoms with Gasteiger partial charge in [0.15, 0.2) is 0 Å². The SMILES string of the molecule is CC(C)[C@@H]1CNC(=O)c2cc(-c3ccncc3)[nH]c21. The molecule has 19 heavy (non-hydrogen) atoms. The van der Waals surface area contributed by atoms with E-state index in [1.807, 2.05) is 18.2 Å². The fraction of sp³-hybridized carbons (Fsp3) is 0.333. The lowest BCUT2D eigenvalue weighted by atomic mass is 9.88. The van der Waals surface area contributed by atoms with E-state index in [0.29, 0.717) is 18.4 Å². The first-order valence-corrected chi connectivity index (χ1v) is 6.58. The van der Waals surface area contributed by atoms with Crippen LogP contribution in [0.5, 0.6) is 0 Å². The standard InChI is InChI=1S/C15H17N3O/c1-9(2)12-8-17-15(19)11-7-13(18-14(11)12)10-3-5-16-6-4-10/h3-7,9,12,18H,8H2,1-2H3,(H,17,19)/t12-/m0/s1. The highest BCUT2D eigenvalue weighted by atomic mass is 16.1. The molecule has 1 aliphatic rings. The second-order valence-electron chi connectivity index (χ2n) is 5.31. The van der Waals surface area contributed by atoms with Crippen molar-refractivity contribution < 1.29 is 4.79 Å². The third kappa shape index (κ3) is 2.03. The van der Waals surface area contributed by atoms with Crippen LogP contribution in [-0.4, -0.2) is 22.4 Å². The number of hydrogen-bond acceptors (Lipinski definition) is 2. The summed E-state index contributed by atoms with van der Waals surface area (Å²) in [6.07, 6.45) is 3.52.